The van der Waals surface area contributed by atoms with Crippen molar-refractivity contribution in [3.8, 4) is 22.3 Å². The summed E-state index contributed by atoms with van der Waals surface area (Å²) in [5, 5.41) is 7.53. The number of benzene rings is 10. The van der Waals surface area contributed by atoms with Gasteiger partial charge in [0.15, 0.2) is 0 Å². The molecule has 0 aliphatic carbocycles. The predicted octanol–water partition coefficient (Wildman–Crippen LogP) is 16.8. The zero-order chi connectivity index (χ0) is 41.0. The molecule has 10 aromatic carbocycles. The fraction of sp³-hybridized carbons (Fsp3) is 0.103. The van der Waals surface area contributed by atoms with E-state index in [2.05, 4.69) is 245 Å². The van der Waals surface area contributed by atoms with Gasteiger partial charge < -0.3 is 9.80 Å². The van der Waals surface area contributed by atoms with E-state index in [4.69, 9.17) is 0 Å². The van der Waals surface area contributed by atoms with Crippen molar-refractivity contribution in [3.63, 3.8) is 0 Å². The first-order valence-electron chi connectivity index (χ1n) is 21.0. The standard InChI is InChI=1S/C58H48N2/c1-39-26-28-43(41-18-10-6-11-19-41)36-52(39)59(48-22-14-8-15-23-48)54-38-55(51-33-31-46-35-47(58(3,4)5)34-45-30-32-50(54)57(51)56(45)46)60(49-24-16-9-17-25-49)53-37-44(29-27-40(53)2)42-20-12-7-13-21-42/h6-38H,1-5H3. The van der Waals surface area contributed by atoms with Gasteiger partial charge in [-0.3, -0.25) is 0 Å². The summed E-state index contributed by atoms with van der Waals surface area (Å²) in [4.78, 5) is 4.99. The fourth-order valence-electron chi connectivity index (χ4n) is 8.97. The lowest BCUT2D eigenvalue weighted by Crippen LogP contribution is -2.16. The normalized spacial score (nSPS) is 11.8. The average molecular weight is 773 g/mol. The van der Waals surface area contributed by atoms with Crippen molar-refractivity contribution < 1.29 is 0 Å². The lowest BCUT2D eigenvalue weighted by molar-refractivity contribution is 0.591. The molecule has 0 aromatic heterocycles. The summed E-state index contributed by atoms with van der Waals surface area (Å²) in [5.41, 5.74) is 15.3. The Bertz CT molecular complexity index is 2930. The lowest BCUT2D eigenvalue weighted by Gasteiger charge is -2.34. The van der Waals surface area contributed by atoms with E-state index in [-0.39, 0.29) is 5.41 Å². The van der Waals surface area contributed by atoms with Crippen LogP contribution in [0.5, 0.6) is 0 Å². The first-order valence-corrected chi connectivity index (χ1v) is 21.0. The smallest absolute Gasteiger partial charge is 0.0561 e. The van der Waals surface area contributed by atoms with Crippen LogP contribution in [0.1, 0.15) is 37.5 Å². The lowest BCUT2D eigenvalue weighted by atomic mass is 9.83. The van der Waals surface area contributed by atoms with Crippen LogP contribution < -0.4 is 9.80 Å². The third-order valence-electron chi connectivity index (χ3n) is 12.2. The fourth-order valence-corrected chi connectivity index (χ4v) is 8.97. The van der Waals surface area contributed by atoms with Gasteiger partial charge >= 0.3 is 0 Å². The second-order valence-electron chi connectivity index (χ2n) is 17.1. The molecule has 0 saturated carbocycles. The molecule has 0 N–H and O–H groups in total. The first kappa shape index (κ1) is 37.1. The van der Waals surface area contributed by atoms with E-state index in [1.807, 2.05) is 0 Å². The van der Waals surface area contributed by atoms with Crippen molar-refractivity contribution in [3.05, 3.63) is 217 Å². The molecule has 0 spiro atoms. The molecule has 2 nitrogen and oxygen atoms in total. The monoisotopic (exact) mass is 772 g/mol. The summed E-state index contributed by atoms with van der Waals surface area (Å²) in [6.45, 7) is 11.4. The molecule has 0 fully saturated rings. The van der Waals surface area contributed by atoms with Crippen molar-refractivity contribution >= 4 is 66.4 Å². The van der Waals surface area contributed by atoms with E-state index in [9.17, 15) is 0 Å². The zero-order valence-electron chi connectivity index (χ0n) is 34.9. The van der Waals surface area contributed by atoms with Crippen LogP contribution in [-0.2, 0) is 5.41 Å². The molecule has 60 heavy (non-hydrogen) atoms. The molecule has 0 aliphatic heterocycles. The molecule has 0 atom stereocenters. The summed E-state index contributed by atoms with van der Waals surface area (Å²) in [6.07, 6.45) is 0. The number of hydrogen-bond donors (Lipinski definition) is 0. The number of para-hydroxylation sites is 2. The maximum atomic E-state index is 2.49. The number of nitrogens with zero attached hydrogens (tertiary/aromatic N) is 2. The van der Waals surface area contributed by atoms with Crippen LogP contribution in [0.2, 0.25) is 0 Å². The molecular formula is C58H48N2. The van der Waals surface area contributed by atoms with Gasteiger partial charge in [0.1, 0.15) is 0 Å². The molecule has 0 radical (unpaired) electrons. The van der Waals surface area contributed by atoms with Gasteiger partial charge in [-0.2, -0.15) is 0 Å². The molecule has 10 aromatic rings. The SMILES string of the molecule is Cc1ccc(-c2ccccc2)cc1N(c1ccccc1)c1cc(N(c2ccccc2)c2cc(-c3ccccc3)ccc2C)c2ccc3cc(C(C)(C)C)cc4ccc1c2c43. The van der Waals surface area contributed by atoms with Crippen LogP contribution in [-0.4, -0.2) is 0 Å². The van der Waals surface area contributed by atoms with E-state index in [0.29, 0.717) is 0 Å². The van der Waals surface area contributed by atoms with Crippen molar-refractivity contribution in [2.45, 2.75) is 40.0 Å². The molecule has 0 heterocycles. The van der Waals surface area contributed by atoms with Gasteiger partial charge in [0.25, 0.3) is 0 Å². The van der Waals surface area contributed by atoms with Crippen LogP contribution in [0, 0.1) is 13.8 Å². The van der Waals surface area contributed by atoms with Crippen LogP contribution in [0.4, 0.5) is 34.1 Å². The second-order valence-corrected chi connectivity index (χ2v) is 17.1. The van der Waals surface area contributed by atoms with Crippen LogP contribution in [0.3, 0.4) is 0 Å². The highest BCUT2D eigenvalue weighted by Crippen LogP contribution is 2.52. The maximum Gasteiger partial charge on any atom is 0.0561 e. The Kier molecular flexibility index (Phi) is 9.22. The third kappa shape index (κ3) is 6.55. The quantitative estimate of drug-likeness (QED) is 0.142. The summed E-state index contributed by atoms with van der Waals surface area (Å²) < 4.78 is 0. The highest BCUT2D eigenvalue weighted by molar-refractivity contribution is 6.29. The van der Waals surface area contributed by atoms with Crippen molar-refractivity contribution in [1.82, 2.24) is 0 Å². The Morgan fingerprint density at radius 3 is 1.13 bits per heavy atom. The molecule has 290 valence electrons. The van der Waals surface area contributed by atoms with Gasteiger partial charge in [-0.05, 0) is 117 Å². The number of aryl methyl sites for hydroxylation is 2. The molecular weight excluding hydrogens is 725 g/mol. The van der Waals surface area contributed by atoms with Gasteiger partial charge in [-0.1, -0.05) is 178 Å². The van der Waals surface area contributed by atoms with Crippen molar-refractivity contribution in [2.24, 2.45) is 0 Å². The van der Waals surface area contributed by atoms with Crippen LogP contribution in [0.25, 0.3) is 54.6 Å². The largest absolute Gasteiger partial charge is 0.310 e. The number of rotatable bonds is 8. The number of hydrogen-bond acceptors (Lipinski definition) is 2. The molecule has 2 heteroatoms. The van der Waals surface area contributed by atoms with Gasteiger partial charge in [0, 0.05) is 38.9 Å². The van der Waals surface area contributed by atoms with E-state index in [0.717, 1.165) is 34.1 Å². The minimum atomic E-state index is 0.0115. The second kappa shape index (κ2) is 14.9. The maximum absolute atomic E-state index is 2.49. The Balaban J connectivity index is 1.34. The molecule has 0 amide bonds. The van der Waals surface area contributed by atoms with Gasteiger partial charge in [-0.15, -0.1) is 0 Å². The van der Waals surface area contributed by atoms with Gasteiger partial charge in [-0.25, -0.2) is 0 Å². The highest BCUT2D eigenvalue weighted by Gasteiger charge is 2.27. The Morgan fingerprint density at radius 1 is 0.333 bits per heavy atom. The van der Waals surface area contributed by atoms with Crippen LogP contribution >= 0.6 is 0 Å². The van der Waals surface area contributed by atoms with Gasteiger partial charge in [0.05, 0.1) is 11.4 Å². The predicted molar refractivity (Wildman–Crippen MR) is 259 cm³/mol. The van der Waals surface area contributed by atoms with Crippen molar-refractivity contribution in [2.75, 3.05) is 9.80 Å². The molecule has 0 unspecified atom stereocenters. The van der Waals surface area contributed by atoms with E-state index in [1.54, 1.807) is 0 Å². The molecule has 0 bridgehead atoms. The summed E-state index contributed by atoms with van der Waals surface area (Å²) in [6, 6.07) is 73.7. The minimum Gasteiger partial charge on any atom is -0.310 e. The summed E-state index contributed by atoms with van der Waals surface area (Å²) in [7, 11) is 0. The minimum absolute atomic E-state index is 0.0115. The molecule has 0 saturated heterocycles. The molecule has 0 aliphatic rings. The third-order valence-corrected chi connectivity index (χ3v) is 12.2. The van der Waals surface area contributed by atoms with Crippen molar-refractivity contribution in [1.29, 1.82) is 0 Å². The number of anilines is 6. The van der Waals surface area contributed by atoms with Crippen LogP contribution in [0.15, 0.2) is 200 Å². The Labute approximate surface area is 354 Å². The Hall–Kier alpha value is -7.16. The zero-order valence-corrected chi connectivity index (χ0v) is 34.9. The van der Waals surface area contributed by atoms with E-state index < -0.39 is 0 Å². The first-order chi connectivity index (χ1) is 29.2. The molecule has 10 rings (SSSR count). The van der Waals surface area contributed by atoms with E-state index in [1.165, 1.54) is 71.3 Å². The topological polar surface area (TPSA) is 6.48 Å². The Morgan fingerprint density at radius 2 is 0.733 bits per heavy atom. The summed E-state index contributed by atoms with van der Waals surface area (Å²) >= 11 is 0. The summed E-state index contributed by atoms with van der Waals surface area (Å²) in [5.74, 6) is 0. The van der Waals surface area contributed by atoms with Gasteiger partial charge in [0.2, 0.25) is 0 Å². The van der Waals surface area contributed by atoms with E-state index >= 15 is 0 Å². The average Bonchev–Trinajstić information content (AvgIpc) is 3.28. The highest BCUT2D eigenvalue weighted by atomic mass is 15.2.